The summed E-state index contributed by atoms with van der Waals surface area (Å²) in [7, 11) is -3.95. The monoisotopic (exact) mass is 453 g/mol. The van der Waals surface area contributed by atoms with Crippen molar-refractivity contribution >= 4 is 15.9 Å². The first-order valence-electron chi connectivity index (χ1n) is 10.7. The Morgan fingerprint density at radius 3 is 2.34 bits per heavy atom. The molecule has 8 nitrogen and oxygen atoms in total. The van der Waals surface area contributed by atoms with Gasteiger partial charge in [-0.3, -0.25) is 4.79 Å². The van der Waals surface area contributed by atoms with E-state index in [1.165, 1.54) is 5.56 Å². The van der Waals surface area contributed by atoms with Gasteiger partial charge in [-0.05, 0) is 82.7 Å². The minimum Gasteiger partial charge on any atom is -0.274 e. The maximum Gasteiger partial charge on any atom is 0.264 e. The second-order valence-corrected chi connectivity index (χ2v) is 10.0. The summed E-state index contributed by atoms with van der Waals surface area (Å²) in [4.78, 5) is 21.7. The van der Waals surface area contributed by atoms with Crippen LogP contribution in [0.15, 0.2) is 29.2 Å². The Hall–Kier alpha value is -3.07. The molecule has 2 aromatic heterocycles. The fourth-order valence-electron chi connectivity index (χ4n) is 4.21. The summed E-state index contributed by atoms with van der Waals surface area (Å²) in [6, 6.07) is 6.99. The number of amides is 1. The molecule has 0 aliphatic heterocycles. The lowest BCUT2D eigenvalue weighted by atomic mass is 9.92. The lowest BCUT2D eigenvalue weighted by Gasteiger charge is -2.16. The number of aryl methyl sites for hydroxylation is 5. The molecule has 0 spiro atoms. The van der Waals surface area contributed by atoms with Gasteiger partial charge in [0.15, 0.2) is 0 Å². The van der Waals surface area contributed by atoms with Crippen LogP contribution in [-0.2, 0) is 34.1 Å². The number of rotatable bonds is 5. The molecule has 3 aromatic rings. The zero-order valence-electron chi connectivity index (χ0n) is 18.8. The molecular formula is C23H27N5O3S. The Morgan fingerprint density at radius 1 is 1.00 bits per heavy atom. The van der Waals surface area contributed by atoms with Gasteiger partial charge in [0.2, 0.25) is 5.91 Å². The highest BCUT2D eigenvalue weighted by Crippen LogP contribution is 2.24. The summed E-state index contributed by atoms with van der Waals surface area (Å²) in [6.45, 7) is 7.36. The molecule has 1 amide bonds. The number of sulfonamides is 1. The molecule has 0 saturated heterocycles. The summed E-state index contributed by atoms with van der Waals surface area (Å²) >= 11 is 0. The molecule has 1 N–H and O–H groups in total. The fourth-order valence-corrected chi connectivity index (χ4v) is 5.24. The van der Waals surface area contributed by atoms with Crippen molar-refractivity contribution in [3.8, 4) is 5.95 Å². The van der Waals surface area contributed by atoms with Gasteiger partial charge in [0.1, 0.15) is 0 Å². The lowest BCUT2D eigenvalue weighted by Crippen LogP contribution is -2.32. The van der Waals surface area contributed by atoms with Gasteiger partial charge >= 0.3 is 0 Å². The summed E-state index contributed by atoms with van der Waals surface area (Å²) in [5, 5.41) is 4.48. The Kier molecular flexibility index (Phi) is 5.85. The molecular weight excluding hydrogens is 426 g/mol. The van der Waals surface area contributed by atoms with E-state index in [0.29, 0.717) is 22.9 Å². The molecule has 0 fully saturated rings. The van der Waals surface area contributed by atoms with Crippen molar-refractivity contribution in [1.29, 1.82) is 0 Å². The number of nitrogens with zero attached hydrogens (tertiary/aromatic N) is 4. The zero-order chi connectivity index (χ0) is 23.0. The van der Waals surface area contributed by atoms with E-state index in [1.54, 1.807) is 23.7 Å². The van der Waals surface area contributed by atoms with Gasteiger partial charge < -0.3 is 0 Å². The van der Waals surface area contributed by atoms with Crippen molar-refractivity contribution < 1.29 is 13.2 Å². The van der Waals surface area contributed by atoms with Gasteiger partial charge in [-0.1, -0.05) is 6.07 Å². The number of nitrogens with one attached hydrogen (secondary N) is 1. The molecule has 0 saturated carbocycles. The molecule has 0 radical (unpaired) electrons. The van der Waals surface area contributed by atoms with Crippen LogP contribution in [0.4, 0.5) is 0 Å². The number of benzene rings is 1. The first kappa shape index (κ1) is 22.1. The van der Waals surface area contributed by atoms with Crippen molar-refractivity contribution in [2.45, 2.75) is 64.7 Å². The third-order valence-electron chi connectivity index (χ3n) is 5.82. The quantitative estimate of drug-likeness (QED) is 0.637. The topological polar surface area (TPSA) is 107 Å². The van der Waals surface area contributed by atoms with E-state index >= 15 is 0 Å². The van der Waals surface area contributed by atoms with Crippen LogP contribution in [0, 0.1) is 27.7 Å². The van der Waals surface area contributed by atoms with Gasteiger partial charge in [0.25, 0.3) is 16.0 Å². The lowest BCUT2D eigenvalue weighted by molar-refractivity contribution is -0.118. The SMILES string of the molecule is Cc1cc(C)nc(-n2nc(C)c(CC(=O)NS(=O)(=O)c3ccc4c(c3)CCCC4)c2C)n1. The van der Waals surface area contributed by atoms with Gasteiger partial charge in [-0.2, -0.15) is 5.10 Å². The highest BCUT2D eigenvalue weighted by molar-refractivity contribution is 7.90. The molecule has 32 heavy (non-hydrogen) atoms. The Morgan fingerprint density at radius 2 is 1.66 bits per heavy atom. The van der Waals surface area contributed by atoms with Crippen molar-refractivity contribution in [2.75, 3.05) is 0 Å². The maximum absolute atomic E-state index is 12.8. The molecule has 1 aliphatic carbocycles. The summed E-state index contributed by atoms with van der Waals surface area (Å²) < 4.78 is 29.4. The second-order valence-electron chi connectivity index (χ2n) is 8.35. The normalized spacial score (nSPS) is 13.6. The van der Waals surface area contributed by atoms with E-state index in [1.807, 2.05) is 32.9 Å². The number of carbonyl (C=O) groups is 1. The number of carbonyl (C=O) groups excluding carboxylic acids is 1. The summed E-state index contributed by atoms with van der Waals surface area (Å²) in [5.41, 5.74) is 5.86. The standard InChI is InChI=1S/C23H27N5O3S/c1-14-11-15(2)25-23(24-14)28-17(4)21(16(3)26-28)13-22(29)27-32(30,31)20-10-9-18-7-5-6-8-19(18)12-20/h9-12H,5-8,13H2,1-4H3,(H,27,29). The molecule has 0 bridgehead atoms. The minimum atomic E-state index is -3.95. The van der Waals surface area contributed by atoms with Crippen molar-refractivity contribution in [1.82, 2.24) is 24.5 Å². The molecule has 1 aromatic carbocycles. The maximum atomic E-state index is 12.8. The molecule has 0 atom stereocenters. The Labute approximate surface area is 188 Å². The van der Waals surface area contributed by atoms with Gasteiger partial charge in [-0.25, -0.2) is 27.8 Å². The second kappa shape index (κ2) is 8.46. The van der Waals surface area contributed by atoms with Crippen LogP contribution in [0.3, 0.4) is 0 Å². The van der Waals surface area contributed by atoms with Crippen molar-refractivity contribution in [3.05, 3.63) is 63.7 Å². The third kappa shape index (κ3) is 4.43. The largest absolute Gasteiger partial charge is 0.274 e. The van der Waals surface area contributed by atoms with Crippen LogP contribution < -0.4 is 4.72 Å². The predicted molar refractivity (Wildman–Crippen MR) is 120 cm³/mol. The van der Waals surface area contributed by atoms with Crippen LogP contribution in [0.5, 0.6) is 0 Å². The van der Waals surface area contributed by atoms with Crippen LogP contribution in [-0.4, -0.2) is 34.1 Å². The highest BCUT2D eigenvalue weighted by atomic mass is 32.2. The zero-order valence-corrected chi connectivity index (χ0v) is 19.6. The first-order chi connectivity index (χ1) is 15.1. The van der Waals surface area contributed by atoms with Crippen LogP contribution in [0.25, 0.3) is 5.95 Å². The molecule has 1 aliphatic rings. The van der Waals surface area contributed by atoms with E-state index in [4.69, 9.17) is 0 Å². The third-order valence-corrected chi connectivity index (χ3v) is 7.19. The summed E-state index contributed by atoms with van der Waals surface area (Å²) in [5.74, 6) is -0.175. The number of hydrogen-bond donors (Lipinski definition) is 1. The van der Waals surface area contributed by atoms with Crippen molar-refractivity contribution in [3.63, 3.8) is 0 Å². The van der Waals surface area contributed by atoms with E-state index in [0.717, 1.165) is 42.6 Å². The van der Waals surface area contributed by atoms with Crippen LogP contribution in [0.1, 0.15) is 52.3 Å². The molecule has 9 heteroatoms. The molecule has 0 unspecified atom stereocenters. The van der Waals surface area contributed by atoms with E-state index < -0.39 is 15.9 Å². The smallest absolute Gasteiger partial charge is 0.264 e. The minimum absolute atomic E-state index is 0.105. The van der Waals surface area contributed by atoms with Gasteiger partial charge in [-0.15, -0.1) is 0 Å². The Balaban J connectivity index is 1.55. The van der Waals surface area contributed by atoms with Crippen LogP contribution in [0.2, 0.25) is 0 Å². The van der Waals surface area contributed by atoms with Crippen molar-refractivity contribution in [2.24, 2.45) is 0 Å². The average molecular weight is 454 g/mol. The fraction of sp³-hybridized carbons (Fsp3) is 0.391. The number of aromatic nitrogens is 4. The van der Waals surface area contributed by atoms with E-state index in [9.17, 15) is 13.2 Å². The van der Waals surface area contributed by atoms with E-state index in [2.05, 4.69) is 19.8 Å². The number of hydrogen-bond acceptors (Lipinski definition) is 6. The molecule has 4 rings (SSSR count). The van der Waals surface area contributed by atoms with Crippen LogP contribution >= 0.6 is 0 Å². The molecule has 2 heterocycles. The average Bonchev–Trinajstić information content (AvgIpc) is 3.00. The Bertz CT molecular complexity index is 1290. The van der Waals surface area contributed by atoms with Gasteiger partial charge in [0.05, 0.1) is 17.0 Å². The predicted octanol–water partition coefficient (Wildman–Crippen LogP) is 2.82. The summed E-state index contributed by atoms with van der Waals surface area (Å²) in [6.07, 6.45) is 3.90. The van der Waals surface area contributed by atoms with E-state index in [-0.39, 0.29) is 11.3 Å². The molecule has 168 valence electrons. The first-order valence-corrected chi connectivity index (χ1v) is 12.2. The highest BCUT2D eigenvalue weighted by Gasteiger charge is 2.23. The number of fused-ring (bicyclic) bond motifs is 1. The van der Waals surface area contributed by atoms with Gasteiger partial charge in [0, 0.05) is 22.6 Å².